The number of hydrogen-bond acceptors (Lipinski definition) is 4. The second kappa shape index (κ2) is 41.5. The molecule has 0 heterocycles. The van der Waals surface area contributed by atoms with Crippen LogP contribution in [0.2, 0.25) is 0 Å². The first kappa shape index (κ1) is 22.9. The fourth-order valence-electron chi connectivity index (χ4n) is 0. The maximum Gasteiger partial charge on any atom is 2.00 e. The summed E-state index contributed by atoms with van der Waals surface area (Å²) >= 11 is -0.750. The number of carbonyl (C=O) groups is 1. The first-order valence-corrected chi connectivity index (χ1v) is 1.29. The molecule has 0 fully saturated rings. The van der Waals surface area contributed by atoms with Gasteiger partial charge in [-0.3, -0.25) is 0 Å². The monoisotopic (exact) mass is 157 g/mol. The Balaban J connectivity index is -0.0000000105. The van der Waals surface area contributed by atoms with E-state index in [4.69, 9.17) is 13.9 Å². The van der Waals surface area contributed by atoms with Crippen LogP contribution in [0.4, 0.5) is 0 Å². The van der Waals surface area contributed by atoms with Crippen molar-refractivity contribution in [2.24, 2.45) is 0 Å². The Kier molecular flexibility index (Phi) is 136. The molecular formula is CH2CaNaO3S+. The van der Waals surface area contributed by atoms with Crippen LogP contribution in [0, 0.1) is 0 Å². The van der Waals surface area contributed by atoms with E-state index in [1.54, 1.807) is 0 Å². The molecule has 0 aromatic carbocycles. The number of rotatable bonds is 0. The minimum Gasteiger partial charge on any atom is -0.811 e. The predicted molar refractivity (Wildman–Crippen MR) is 22.0 cm³/mol. The summed E-state index contributed by atoms with van der Waals surface area (Å²) < 4.78 is 16.6. The molecule has 3 nitrogen and oxygen atoms in total. The third kappa shape index (κ3) is 65.1. The van der Waals surface area contributed by atoms with Gasteiger partial charge in [-0.15, -0.1) is 0 Å². The van der Waals surface area contributed by atoms with Gasteiger partial charge in [0.05, 0.1) is 0 Å². The van der Waals surface area contributed by atoms with Crippen LogP contribution in [0.3, 0.4) is 0 Å². The van der Waals surface area contributed by atoms with Gasteiger partial charge in [0.1, 0.15) is 6.79 Å². The van der Waals surface area contributed by atoms with Crippen molar-refractivity contribution in [3.63, 3.8) is 0 Å². The van der Waals surface area contributed by atoms with Gasteiger partial charge in [0, 0.05) is 0 Å². The van der Waals surface area contributed by atoms with Crippen molar-refractivity contribution in [2.45, 2.75) is 0 Å². The first-order chi connectivity index (χ1) is 2.41. The van der Waals surface area contributed by atoms with Crippen molar-refractivity contribution in [1.29, 1.82) is 0 Å². The van der Waals surface area contributed by atoms with Crippen LogP contribution >= 0.6 is 12.3 Å². The van der Waals surface area contributed by atoms with Gasteiger partial charge in [-0.1, -0.05) is 0 Å². The van der Waals surface area contributed by atoms with Crippen LogP contribution in [0.25, 0.3) is 0 Å². The van der Waals surface area contributed by atoms with Gasteiger partial charge >= 0.3 is 67.3 Å². The van der Waals surface area contributed by atoms with Gasteiger partial charge in [0.25, 0.3) is 0 Å². The Hall–Kier alpha value is 2.20. The normalized spacial score (nSPS) is 3.14. The molecule has 0 saturated carbocycles. The van der Waals surface area contributed by atoms with Crippen LogP contribution in [-0.4, -0.2) is 53.6 Å². The van der Waals surface area contributed by atoms with E-state index in [-0.39, 0.29) is 67.3 Å². The van der Waals surface area contributed by atoms with Crippen LogP contribution in [0.5, 0.6) is 0 Å². The SMILES string of the molecule is C=O.[Ca+2].[Na+].[O-]S[O-]. The van der Waals surface area contributed by atoms with Gasteiger partial charge in [-0.05, 0) is 0 Å². The van der Waals surface area contributed by atoms with Crippen molar-refractivity contribution < 1.29 is 43.5 Å². The number of carbonyl (C=O) groups excluding carboxylic acids is 1. The van der Waals surface area contributed by atoms with Crippen LogP contribution < -0.4 is 29.6 Å². The molecule has 0 aromatic rings. The standard InChI is InChI=1S/CH2O.Ca.Na.H2O2S/c1-2;;;1-3-2/h1H2;;;1-2H/q;+2;+1;/p-2. The molecule has 0 atom stereocenters. The minimum atomic E-state index is -0.750. The topological polar surface area (TPSA) is 63.2 Å². The molecule has 0 aliphatic heterocycles. The Morgan fingerprint density at radius 2 is 1.29 bits per heavy atom. The molecule has 32 valence electrons. The summed E-state index contributed by atoms with van der Waals surface area (Å²) in [5.74, 6) is 0. The predicted octanol–water partition coefficient (Wildman–Crippen LogP) is -3.58. The van der Waals surface area contributed by atoms with Crippen molar-refractivity contribution in [3.8, 4) is 0 Å². The zero-order valence-electron chi connectivity index (χ0n) is 4.05. The Labute approximate surface area is 98.6 Å². The quantitative estimate of drug-likeness (QED) is 0.269. The van der Waals surface area contributed by atoms with E-state index < -0.39 is 12.3 Å². The molecule has 0 rings (SSSR count). The fraction of sp³-hybridized carbons (Fsp3) is 0. The van der Waals surface area contributed by atoms with Crippen molar-refractivity contribution in [3.05, 3.63) is 0 Å². The summed E-state index contributed by atoms with van der Waals surface area (Å²) in [5, 5.41) is 0. The molecule has 6 heteroatoms. The van der Waals surface area contributed by atoms with Gasteiger partial charge in [0.15, 0.2) is 0 Å². The third-order valence-electron chi connectivity index (χ3n) is 0. The Morgan fingerprint density at radius 1 is 1.29 bits per heavy atom. The molecular weight excluding hydrogens is 155 g/mol. The molecule has 0 saturated heterocycles. The summed E-state index contributed by atoms with van der Waals surface area (Å²) in [6.45, 7) is 2.00. The van der Waals surface area contributed by atoms with Crippen LogP contribution in [0.1, 0.15) is 0 Å². The van der Waals surface area contributed by atoms with Crippen LogP contribution in [0.15, 0.2) is 0 Å². The van der Waals surface area contributed by atoms with E-state index in [9.17, 15) is 0 Å². The molecule has 0 N–H and O–H groups in total. The van der Waals surface area contributed by atoms with Crippen molar-refractivity contribution in [2.75, 3.05) is 0 Å². The first-order valence-electron chi connectivity index (χ1n) is 0.622. The molecule has 0 aromatic heterocycles. The molecule has 0 spiro atoms. The van der Waals surface area contributed by atoms with Crippen LogP contribution in [-0.2, 0) is 4.79 Å². The molecule has 0 radical (unpaired) electrons. The molecule has 0 unspecified atom stereocenters. The molecule has 7 heavy (non-hydrogen) atoms. The van der Waals surface area contributed by atoms with E-state index >= 15 is 0 Å². The van der Waals surface area contributed by atoms with E-state index in [2.05, 4.69) is 0 Å². The van der Waals surface area contributed by atoms with Crippen molar-refractivity contribution >= 4 is 56.9 Å². The Bertz CT molecular complexity index is 18.9. The maximum atomic E-state index is 8.29. The summed E-state index contributed by atoms with van der Waals surface area (Å²) in [4.78, 5) is 8.00. The van der Waals surface area contributed by atoms with Gasteiger partial charge in [0.2, 0.25) is 0 Å². The Morgan fingerprint density at radius 3 is 1.29 bits per heavy atom. The summed E-state index contributed by atoms with van der Waals surface area (Å²) in [7, 11) is 0. The molecule has 0 aliphatic carbocycles. The van der Waals surface area contributed by atoms with E-state index in [0.717, 1.165) is 0 Å². The second-order valence-electron chi connectivity index (χ2n) is 0.0680. The summed E-state index contributed by atoms with van der Waals surface area (Å²) in [6.07, 6.45) is 0. The summed E-state index contributed by atoms with van der Waals surface area (Å²) in [6, 6.07) is 0. The zero-order valence-corrected chi connectivity index (χ0v) is 9.07. The molecule has 0 amide bonds. The van der Waals surface area contributed by atoms with Gasteiger partial charge in [-0.2, -0.15) is 0 Å². The number of hydrogen-bond donors (Lipinski definition) is 0. The van der Waals surface area contributed by atoms with E-state index in [1.807, 2.05) is 6.79 Å². The smallest absolute Gasteiger partial charge is 0.811 e. The molecule has 0 bridgehead atoms. The fourth-order valence-corrected chi connectivity index (χ4v) is 0. The average Bonchev–Trinajstić information content (AvgIpc) is 1.46. The second-order valence-corrected chi connectivity index (χ2v) is 0.204. The van der Waals surface area contributed by atoms with E-state index in [1.165, 1.54) is 0 Å². The zero-order chi connectivity index (χ0) is 4.71. The van der Waals surface area contributed by atoms with Gasteiger partial charge < -0.3 is 26.2 Å². The summed E-state index contributed by atoms with van der Waals surface area (Å²) in [5.41, 5.74) is 0. The van der Waals surface area contributed by atoms with E-state index in [0.29, 0.717) is 0 Å². The maximum absolute atomic E-state index is 8.29. The third-order valence-corrected chi connectivity index (χ3v) is 0. The molecule has 0 aliphatic rings. The van der Waals surface area contributed by atoms with Gasteiger partial charge in [-0.25, -0.2) is 0 Å². The largest absolute Gasteiger partial charge is 2.00 e. The average molecular weight is 157 g/mol. The van der Waals surface area contributed by atoms with Crippen molar-refractivity contribution in [1.82, 2.24) is 0 Å². The minimum absolute atomic E-state index is 0.